The summed E-state index contributed by atoms with van der Waals surface area (Å²) in [6.07, 6.45) is 3.06. The Balaban J connectivity index is 1.58. The van der Waals surface area contributed by atoms with Gasteiger partial charge in [0, 0.05) is 25.7 Å². The maximum atomic E-state index is 12.7. The fraction of sp³-hybridized carbons (Fsp3) is 0.600. The number of esters is 1. The Hall–Kier alpha value is -1.98. The van der Waals surface area contributed by atoms with Crippen molar-refractivity contribution in [3.63, 3.8) is 0 Å². The summed E-state index contributed by atoms with van der Waals surface area (Å²) in [5.74, 6) is -1.23. The Bertz CT molecular complexity index is 1010. The first kappa shape index (κ1) is 23.7. The molecule has 0 bridgehead atoms. The molecule has 2 aliphatic rings. The summed E-state index contributed by atoms with van der Waals surface area (Å²) in [6.45, 7) is 2.54. The van der Waals surface area contributed by atoms with Crippen LogP contribution >= 0.6 is 0 Å². The monoisotopic (exact) mass is 472 g/mol. The molecular formula is C20H28N2O7S2. The number of nitrogens with zero attached hydrogens (tertiary/aromatic N) is 2. The number of hydrogen-bond acceptors (Lipinski definition) is 7. The van der Waals surface area contributed by atoms with Crippen molar-refractivity contribution in [2.45, 2.75) is 43.5 Å². The molecule has 0 radical (unpaired) electrons. The molecule has 2 aliphatic heterocycles. The van der Waals surface area contributed by atoms with Gasteiger partial charge in [0.2, 0.25) is 10.0 Å². The van der Waals surface area contributed by atoms with Crippen molar-refractivity contribution < 1.29 is 31.2 Å². The minimum atomic E-state index is -3.59. The number of piperidine rings is 1. The molecule has 3 rings (SSSR count). The molecule has 1 unspecified atom stereocenters. The Morgan fingerprint density at radius 1 is 1.13 bits per heavy atom. The number of likely N-dealkylation sites (N-methyl/N-ethyl adjacent to an activating group) is 1. The van der Waals surface area contributed by atoms with Crippen LogP contribution in [0.25, 0.3) is 0 Å². The van der Waals surface area contributed by atoms with Crippen LogP contribution in [0.2, 0.25) is 0 Å². The van der Waals surface area contributed by atoms with Gasteiger partial charge in [-0.3, -0.25) is 4.79 Å². The number of amides is 1. The Morgan fingerprint density at radius 2 is 1.77 bits per heavy atom. The van der Waals surface area contributed by atoms with Gasteiger partial charge in [0.25, 0.3) is 5.91 Å². The van der Waals surface area contributed by atoms with E-state index in [9.17, 15) is 26.4 Å². The highest BCUT2D eigenvalue weighted by Crippen LogP contribution is 2.21. The summed E-state index contributed by atoms with van der Waals surface area (Å²) in [7, 11) is -6.73. The van der Waals surface area contributed by atoms with Crippen LogP contribution in [0, 0.1) is 0 Å². The Kier molecular flexibility index (Phi) is 7.38. The van der Waals surface area contributed by atoms with Crippen molar-refractivity contribution in [3.8, 4) is 0 Å². The van der Waals surface area contributed by atoms with Gasteiger partial charge in [-0.1, -0.05) is 6.42 Å². The van der Waals surface area contributed by atoms with Crippen LogP contribution in [0.3, 0.4) is 0 Å². The van der Waals surface area contributed by atoms with Gasteiger partial charge in [0.15, 0.2) is 16.4 Å². The molecule has 1 aromatic rings. The highest BCUT2D eigenvalue weighted by molar-refractivity contribution is 7.91. The van der Waals surface area contributed by atoms with E-state index in [1.54, 1.807) is 6.92 Å². The summed E-state index contributed by atoms with van der Waals surface area (Å²) in [4.78, 5) is 26.3. The van der Waals surface area contributed by atoms with Crippen molar-refractivity contribution in [1.82, 2.24) is 9.21 Å². The van der Waals surface area contributed by atoms with E-state index >= 15 is 0 Å². The highest BCUT2D eigenvalue weighted by Gasteiger charge is 2.34. The average molecular weight is 473 g/mol. The fourth-order valence-electron chi connectivity index (χ4n) is 3.97. The van der Waals surface area contributed by atoms with E-state index in [1.807, 2.05) is 0 Å². The van der Waals surface area contributed by atoms with Crippen molar-refractivity contribution in [1.29, 1.82) is 0 Å². The highest BCUT2D eigenvalue weighted by atomic mass is 32.2. The lowest BCUT2D eigenvalue weighted by Gasteiger charge is -2.26. The van der Waals surface area contributed by atoms with E-state index < -0.39 is 44.4 Å². The maximum Gasteiger partial charge on any atom is 0.338 e. The second kappa shape index (κ2) is 9.66. The fourth-order valence-corrected chi connectivity index (χ4v) is 7.22. The molecule has 2 fully saturated rings. The summed E-state index contributed by atoms with van der Waals surface area (Å²) in [5.41, 5.74) is 0.136. The number of ether oxygens (including phenoxy) is 1. The minimum absolute atomic E-state index is 0.0495. The Morgan fingerprint density at radius 3 is 2.32 bits per heavy atom. The Labute approximate surface area is 183 Å². The summed E-state index contributed by atoms with van der Waals surface area (Å²) in [6, 6.07) is 5.06. The molecule has 11 heteroatoms. The van der Waals surface area contributed by atoms with E-state index in [0.29, 0.717) is 26.1 Å². The van der Waals surface area contributed by atoms with Gasteiger partial charge in [0.05, 0.1) is 22.0 Å². The zero-order valence-corrected chi connectivity index (χ0v) is 19.2. The van der Waals surface area contributed by atoms with Gasteiger partial charge < -0.3 is 9.64 Å². The zero-order chi connectivity index (χ0) is 22.6. The van der Waals surface area contributed by atoms with E-state index in [2.05, 4.69) is 0 Å². The minimum Gasteiger partial charge on any atom is -0.452 e. The van der Waals surface area contributed by atoms with Crippen LogP contribution in [0.1, 0.15) is 43.0 Å². The normalized spacial score (nSPS) is 21.5. The number of carbonyl (C=O) groups excluding carboxylic acids is 2. The maximum absolute atomic E-state index is 12.7. The first-order valence-corrected chi connectivity index (χ1v) is 13.7. The van der Waals surface area contributed by atoms with Crippen LogP contribution < -0.4 is 0 Å². The van der Waals surface area contributed by atoms with Gasteiger partial charge in [-0.15, -0.1) is 0 Å². The summed E-state index contributed by atoms with van der Waals surface area (Å²) >= 11 is 0. The summed E-state index contributed by atoms with van der Waals surface area (Å²) in [5, 5.41) is 0. The number of sulfone groups is 1. The lowest BCUT2D eigenvalue weighted by atomic mass is 10.2. The molecule has 0 saturated carbocycles. The van der Waals surface area contributed by atoms with E-state index in [4.69, 9.17) is 4.74 Å². The number of hydrogen-bond donors (Lipinski definition) is 0. The zero-order valence-electron chi connectivity index (χ0n) is 17.5. The molecule has 31 heavy (non-hydrogen) atoms. The average Bonchev–Trinajstić information content (AvgIpc) is 3.12. The van der Waals surface area contributed by atoms with E-state index in [1.165, 1.54) is 33.5 Å². The molecule has 9 nitrogen and oxygen atoms in total. The second-order valence-corrected chi connectivity index (χ2v) is 12.0. The predicted molar refractivity (Wildman–Crippen MR) is 114 cm³/mol. The molecule has 0 aromatic heterocycles. The van der Waals surface area contributed by atoms with Crippen molar-refractivity contribution in [3.05, 3.63) is 29.8 Å². The first-order chi connectivity index (χ1) is 14.6. The van der Waals surface area contributed by atoms with Crippen molar-refractivity contribution in [2.24, 2.45) is 0 Å². The third kappa shape index (κ3) is 5.64. The van der Waals surface area contributed by atoms with Gasteiger partial charge in [-0.2, -0.15) is 4.31 Å². The molecule has 172 valence electrons. The van der Waals surface area contributed by atoms with Gasteiger partial charge in [-0.25, -0.2) is 21.6 Å². The molecule has 1 aromatic carbocycles. The third-order valence-electron chi connectivity index (χ3n) is 5.68. The van der Waals surface area contributed by atoms with Gasteiger partial charge in [-0.05, 0) is 50.5 Å². The van der Waals surface area contributed by atoms with Crippen LogP contribution in [0.5, 0.6) is 0 Å². The van der Waals surface area contributed by atoms with Crippen molar-refractivity contribution in [2.75, 3.05) is 37.7 Å². The predicted octanol–water partition coefficient (Wildman–Crippen LogP) is 1.05. The standard InChI is InChI=1S/C20H28N2O7S2/c1-2-22(17-10-13-30(25,26)15-17)19(23)14-29-20(24)16-6-8-18(9-7-16)31(27,28)21-11-4-3-5-12-21/h6-9,17H,2-5,10-15H2,1H3. The largest absolute Gasteiger partial charge is 0.452 e. The number of carbonyl (C=O) groups is 2. The van der Waals surface area contributed by atoms with Gasteiger partial charge in [0.1, 0.15) is 0 Å². The lowest BCUT2D eigenvalue weighted by molar-refractivity contribution is -0.136. The van der Waals surface area contributed by atoms with E-state index in [-0.39, 0.29) is 22.0 Å². The molecule has 0 N–H and O–H groups in total. The molecule has 1 amide bonds. The van der Waals surface area contributed by atoms with Crippen LogP contribution in [0.4, 0.5) is 0 Å². The molecule has 2 heterocycles. The molecule has 0 aliphatic carbocycles. The summed E-state index contributed by atoms with van der Waals surface area (Å²) < 4.78 is 55.2. The number of rotatable bonds is 7. The first-order valence-electron chi connectivity index (χ1n) is 10.4. The smallest absolute Gasteiger partial charge is 0.338 e. The van der Waals surface area contributed by atoms with Crippen LogP contribution in [-0.2, 0) is 29.4 Å². The van der Waals surface area contributed by atoms with Crippen LogP contribution in [0.15, 0.2) is 29.2 Å². The van der Waals surface area contributed by atoms with Crippen molar-refractivity contribution >= 4 is 31.7 Å². The SMILES string of the molecule is CCN(C(=O)COC(=O)c1ccc(S(=O)(=O)N2CCCCC2)cc1)C1CCS(=O)(=O)C1. The van der Waals surface area contributed by atoms with Crippen LogP contribution in [-0.4, -0.2) is 81.7 Å². The molecule has 0 spiro atoms. The third-order valence-corrected chi connectivity index (χ3v) is 9.34. The second-order valence-electron chi connectivity index (χ2n) is 7.80. The number of sulfonamides is 1. The molecule has 1 atom stereocenters. The quantitative estimate of drug-likeness (QED) is 0.544. The van der Waals surface area contributed by atoms with Gasteiger partial charge >= 0.3 is 5.97 Å². The number of benzene rings is 1. The van der Waals surface area contributed by atoms with E-state index in [0.717, 1.165) is 19.3 Å². The molecule has 2 saturated heterocycles. The topological polar surface area (TPSA) is 118 Å². The lowest BCUT2D eigenvalue weighted by Crippen LogP contribution is -2.43. The molecular weight excluding hydrogens is 444 g/mol.